The van der Waals surface area contributed by atoms with Gasteiger partial charge in [-0.15, -0.1) is 0 Å². The molecule has 4 rings (SSSR count). The first-order chi connectivity index (χ1) is 7.24. The van der Waals surface area contributed by atoms with Crippen LogP contribution in [0.3, 0.4) is 0 Å². The van der Waals surface area contributed by atoms with E-state index in [1.54, 1.807) is 0 Å². The number of hydrogen-bond donors (Lipinski definition) is 1. The van der Waals surface area contributed by atoms with Crippen LogP contribution < -0.4 is 5.32 Å². The van der Waals surface area contributed by atoms with Crippen molar-refractivity contribution in [1.82, 2.24) is 5.32 Å². The molecule has 82 valence electrons. The largest absolute Gasteiger partial charge is 0.346 e. The molecular formula is C12H17NO2. The topological polar surface area (TPSA) is 46.2 Å². The summed E-state index contributed by atoms with van der Waals surface area (Å²) < 4.78 is 0. The lowest BCUT2D eigenvalue weighted by Crippen LogP contribution is -2.45. The Kier molecular flexibility index (Phi) is 2.08. The van der Waals surface area contributed by atoms with E-state index in [1.807, 2.05) is 0 Å². The van der Waals surface area contributed by atoms with E-state index in [-0.39, 0.29) is 24.2 Å². The molecule has 15 heavy (non-hydrogen) atoms. The second-order valence-electron chi connectivity index (χ2n) is 5.37. The minimum absolute atomic E-state index is 0.0635. The molecule has 0 spiro atoms. The molecule has 2 unspecified atom stereocenters. The zero-order valence-corrected chi connectivity index (χ0v) is 8.87. The second kappa shape index (κ2) is 3.32. The zero-order valence-electron chi connectivity index (χ0n) is 8.87. The number of nitrogens with one attached hydrogen (secondary N) is 1. The highest BCUT2D eigenvalue weighted by atomic mass is 16.2. The van der Waals surface area contributed by atoms with Gasteiger partial charge in [0.05, 0.1) is 12.5 Å². The normalized spacial score (nSPS) is 44.5. The minimum atomic E-state index is -0.134. The maximum absolute atomic E-state index is 11.7. The van der Waals surface area contributed by atoms with Crippen molar-refractivity contribution in [2.45, 2.75) is 44.6 Å². The Labute approximate surface area is 89.6 Å². The number of hydrogen-bond acceptors (Lipinski definition) is 2. The maximum Gasteiger partial charge on any atom is 0.228 e. The number of fused-ring (bicyclic) bond motifs is 3. The molecule has 1 saturated heterocycles. The van der Waals surface area contributed by atoms with Crippen LogP contribution in [0.15, 0.2) is 0 Å². The van der Waals surface area contributed by atoms with Gasteiger partial charge in [-0.05, 0) is 37.0 Å². The first kappa shape index (κ1) is 9.37. The Hall–Kier alpha value is -0.860. The molecule has 0 aromatic carbocycles. The average molecular weight is 207 g/mol. The molecule has 0 aromatic rings. The van der Waals surface area contributed by atoms with Crippen molar-refractivity contribution in [2.75, 3.05) is 0 Å². The van der Waals surface area contributed by atoms with Crippen LogP contribution in [0.25, 0.3) is 0 Å². The van der Waals surface area contributed by atoms with Gasteiger partial charge < -0.3 is 5.32 Å². The summed E-state index contributed by atoms with van der Waals surface area (Å²) in [7, 11) is 0. The van der Waals surface area contributed by atoms with E-state index in [2.05, 4.69) is 5.32 Å². The van der Waals surface area contributed by atoms with Gasteiger partial charge in [-0.1, -0.05) is 12.8 Å². The summed E-state index contributed by atoms with van der Waals surface area (Å²) in [5.74, 6) is 2.05. The van der Waals surface area contributed by atoms with Gasteiger partial charge >= 0.3 is 0 Å². The van der Waals surface area contributed by atoms with Gasteiger partial charge in [-0.2, -0.15) is 0 Å². The van der Waals surface area contributed by atoms with Gasteiger partial charge in [-0.3, -0.25) is 9.59 Å². The van der Waals surface area contributed by atoms with Crippen LogP contribution in [0, 0.1) is 17.8 Å². The number of ketones is 1. The van der Waals surface area contributed by atoms with Crippen molar-refractivity contribution in [3.8, 4) is 0 Å². The van der Waals surface area contributed by atoms with E-state index in [4.69, 9.17) is 0 Å². The first-order valence-electron chi connectivity index (χ1n) is 6.06. The molecule has 0 radical (unpaired) electrons. The average Bonchev–Trinajstić information content (AvgIpc) is 2.59. The van der Waals surface area contributed by atoms with E-state index in [0.717, 1.165) is 5.92 Å². The summed E-state index contributed by atoms with van der Waals surface area (Å²) in [6.07, 6.45) is 6.52. The summed E-state index contributed by atoms with van der Waals surface area (Å²) in [6, 6.07) is -0.134. The molecule has 3 nitrogen and oxygen atoms in total. The van der Waals surface area contributed by atoms with Crippen molar-refractivity contribution in [2.24, 2.45) is 17.8 Å². The van der Waals surface area contributed by atoms with E-state index in [9.17, 15) is 9.59 Å². The fraction of sp³-hybridized carbons (Fsp3) is 0.833. The van der Waals surface area contributed by atoms with Crippen molar-refractivity contribution < 1.29 is 9.59 Å². The van der Waals surface area contributed by atoms with Crippen LogP contribution in [0.4, 0.5) is 0 Å². The molecule has 4 aliphatic rings. The van der Waals surface area contributed by atoms with Crippen LogP contribution in [-0.2, 0) is 9.59 Å². The predicted octanol–water partition coefficient (Wildman–Crippen LogP) is 1.27. The third-order valence-electron chi connectivity index (χ3n) is 4.53. The molecule has 1 N–H and O–H groups in total. The Morgan fingerprint density at radius 1 is 1.07 bits per heavy atom. The Bertz CT molecular complexity index is 305. The van der Waals surface area contributed by atoms with Crippen molar-refractivity contribution >= 4 is 11.7 Å². The number of Topliss-reactive ketones (excluding diaryl/α,β-unsaturated/α-hetero) is 1. The van der Waals surface area contributed by atoms with Crippen LogP contribution in [0.1, 0.15) is 38.5 Å². The van der Waals surface area contributed by atoms with E-state index in [1.165, 1.54) is 32.1 Å². The lowest BCUT2D eigenvalue weighted by atomic mass is 9.62. The molecule has 2 bridgehead atoms. The summed E-state index contributed by atoms with van der Waals surface area (Å²) in [5, 5.41) is 2.87. The Morgan fingerprint density at radius 2 is 1.80 bits per heavy atom. The first-order valence-corrected chi connectivity index (χ1v) is 6.06. The minimum Gasteiger partial charge on any atom is -0.346 e. The van der Waals surface area contributed by atoms with E-state index < -0.39 is 0 Å². The summed E-state index contributed by atoms with van der Waals surface area (Å²) in [5.41, 5.74) is 0. The molecule has 3 aliphatic carbocycles. The van der Waals surface area contributed by atoms with Crippen molar-refractivity contribution in [1.29, 1.82) is 0 Å². The Balaban J connectivity index is 1.77. The maximum atomic E-state index is 11.7. The number of amides is 1. The highest BCUT2D eigenvalue weighted by Crippen LogP contribution is 2.46. The van der Waals surface area contributed by atoms with Gasteiger partial charge in [0.2, 0.25) is 5.91 Å². The fourth-order valence-electron chi connectivity index (χ4n) is 3.76. The second-order valence-corrected chi connectivity index (χ2v) is 5.37. The van der Waals surface area contributed by atoms with Crippen molar-refractivity contribution in [3.05, 3.63) is 0 Å². The molecular weight excluding hydrogens is 190 g/mol. The zero-order chi connectivity index (χ0) is 10.4. The Morgan fingerprint density at radius 3 is 2.27 bits per heavy atom. The standard InChI is InChI=1S/C12H17NO2/c14-10-6-11(15)13-12(10)9-5-7-1-3-8(9)4-2-7/h7-9,12H,1-6H2,(H,13,15). The fourth-order valence-corrected chi connectivity index (χ4v) is 3.76. The monoisotopic (exact) mass is 207 g/mol. The molecule has 3 heteroatoms. The quantitative estimate of drug-likeness (QED) is 0.658. The van der Waals surface area contributed by atoms with Crippen LogP contribution >= 0.6 is 0 Å². The summed E-state index contributed by atoms with van der Waals surface area (Å²) in [4.78, 5) is 22.9. The number of carbonyl (C=O) groups is 2. The molecule has 1 aliphatic heterocycles. The number of rotatable bonds is 1. The molecule has 0 aromatic heterocycles. The highest BCUT2D eigenvalue weighted by Gasteiger charge is 2.45. The van der Waals surface area contributed by atoms with Crippen molar-refractivity contribution in [3.63, 3.8) is 0 Å². The van der Waals surface area contributed by atoms with E-state index >= 15 is 0 Å². The van der Waals surface area contributed by atoms with Gasteiger partial charge in [0.25, 0.3) is 0 Å². The molecule has 2 atom stereocenters. The number of carbonyl (C=O) groups excluding carboxylic acids is 2. The predicted molar refractivity (Wildman–Crippen MR) is 55.1 cm³/mol. The van der Waals surface area contributed by atoms with E-state index in [0.29, 0.717) is 11.8 Å². The molecule has 1 heterocycles. The van der Waals surface area contributed by atoms with Crippen LogP contribution in [0.5, 0.6) is 0 Å². The molecule has 3 saturated carbocycles. The molecule has 4 fully saturated rings. The third-order valence-corrected chi connectivity index (χ3v) is 4.53. The van der Waals surface area contributed by atoms with Crippen LogP contribution in [0.2, 0.25) is 0 Å². The highest BCUT2D eigenvalue weighted by molar-refractivity contribution is 6.07. The lowest BCUT2D eigenvalue weighted by Gasteiger charge is -2.44. The summed E-state index contributed by atoms with van der Waals surface area (Å²) in [6.45, 7) is 0. The lowest BCUT2D eigenvalue weighted by molar-refractivity contribution is -0.122. The third kappa shape index (κ3) is 1.48. The SMILES string of the molecule is O=C1CC(=O)C(C2CC3CCC2CC3)N1. The van der Waals surface area contributed by atoms with Gasteiger partial charge in [0.1, 0.15) is 0 Å². The van der Waals surface area contributed by atoms with Crippen LogP contribution in [-0.4, -0.2) is 17.7 Å². The smallest absolute Gasteiger partial charge is 0.228 e. The van der Waals surface area contributed by atoms with Gasteiger partial charge in [-0.25, -0.2) is 0 Å². The van der Waals surface area contributed by atoms with Gasteiger partial charge in [0, 0.05) is 0 Å². The van der Waals surface area contributed by atoms with Gasteiger partial charge in [0.15, 0.2) is 5.78 Å². The molecule has 1 amide bonds. The summed E-state index contributed by atoms with van der Waals surface area (Å²) >= 11 is 0.